The number of urea groups is 1. The molecule has 0 bridgehead atoms. The number of nitrogens with zero attached hydrogens (tertiary/aromatic N) is 1. The molecular formula is C16H22N2O3. The predicted molar refractivity (Wildman–Crippen MR) is 81.6 cm³/mol. The minimum Gasteiger partial charge on any atom is -0.381 e. The number of benzene rings is 1. The molecule has 1 saturated heterocycles. The van der Waals surface area contributed by atoms with Crippen LogP contribution in [0.4, 0.5) is 10.5 Å². The van der Waals surface area contributed by atoms with E-state index in [0.717, 1.165) is 32.6 Å². The first-order chi connectivity index (χ1) is 10.1. The molecule has 0 aromatic heterocycles. The van der Waals surface area contributed by atoms with Crippen LogP contribution in [0.2, 0.25) is 0 Å². The van der Waals surface area contributed by atoms with E-state index in [4.69, 9.17) is 4.74 Å². The van der Waals surface area contributed by atoms with Crippen LogP contribution in [0.1, 0.15) is 30.1 Å². The lowest BCUT2D eigenvalue weighted by atomic mass is 10.00. The number of anilines is 1. The molecule has 0 atom stereocenters. The Morgan fingerprint density at radius 2 is 2.05 bits per heavy atom. The maximum atomic E-state index is 12.2. The second-order valence-electron chi connectivity index (χ2n) is 5.50. The van der Waals surface area contributed by atoms with Gasteiger partial charge in [-0.15, -0.1) is 0 Å². The summed E-state index contributed by atoms with van der Waals surface area (Å²) in [5.74, 6) is 0.486. The number of rotatable bonds is 4. The van der Waals surface area contributed by atoms with E-state index in [1.165, 1.54) is 6.92 Å². The van der Waals surface area contributed by atoms with Crippen molar-refractivity contribution in [2.75, 3.05) is 32.1 Å². The smallest absolute Gasteiger partial charge is 0.321 e. The molecule has 114 valence electrons. The number of hydrogen-bond donors (Lipinski definition) is 1. The zero-order valence-electron chi connectivity index (χ0n) is 12.6. The van der Waals surface area contributed by atoms with Crippen LogP contribution in [0.3, 0.4) is 0 Å². The van der Waals surface area contributed by atoms with E-state index in [0.29, 0.717) is 17.2 Å². The van der Waals surface area contributed by atoms with Crippen molar-refractivity contribution >= 4 is 17.5 Å². The average molecular weight is 290 g/mol. The van der Waals surface area contributed by atoms with E-state index >= 15 is 0 Å². The normalized spacial score (nSPS) is 15.5. The van der Waals surface area contributed by atoms with Gasteiger partial charge in [-0.2, -0.15) is 0 Å². The van der Waals surface area contributed by atoms with Gasteiger partial charge in [-0.1, -0.05) is 12.1 Å². The minimum absolute atomic E-state index is 0.0124. The van der Waals surface area contributed by atoms with Crippen molar-refractivity contribution in [3.63, 3.8) is 0 Å². The lowest BCUT2D eigenvalue weighted by Crippen LogP contribution is -2.36. The van der Waals surface area contributed by atoms with Gasteiger partial charge in [-0.25, -0.2) is 4.79 Å². The van der Waals surface area contributed by atoms with Gasteiger partial charge in [0, 0.05) is 38.1 Å². The van der Waals surface area contributed by atoms with Crippen LogP contribution in [0.5, 0.6) is 0 Å². The van der Waals surface area contributed by atoms with Crippen LogP contribution in [0.25, 0.3) is 0 Å². The molecular weight excluding hydrogens is 268 g/mol. The maximum absolute atomic E-state index is 12.2. The van der Waals surface area contributed by atoms with E-state index in [-0.39, 0.29) is 11.8 Å². The molecule has 1 aromatic rings. The Morgan fingerprint density at radius 3 is 2.71 bits per heavy atom. The fraction of sp³-hybridized carbons (Fsp3) is 0.500. The summed E-state index contributed by atoms with van der Waals surface area (Å²) in [6.07, 6.45) is 1.99. The van der Waals surface area contributed by atoms with Crippen molar-refractivity contribution in [2.24, 2.45) is 5.92 Å². The first-order valence-electron chi connectivity index (χ1n) is 7.27. The van der Waals surface area contributed by atoms with Gasteiger partial charge in [0.15, 0.2) is 5.78 Å². The Kier molecular flexibility index (Phi) is 5.33. The number of amides is 2. The standard InChI is InChI=1S/C16H22N2O3/c1-12(19)14-4-3-5-15(10-14)17-16(20)18(2)11-13-6-8-21-9-7-13/h3-5,10,13H,6-9,11H2,1-2H3,(H,17,20). The Labute approximate surface area is 125 Å². The molecule has 1 fully saturated rings. The van der Waals surface area contributed by atoms with Gasteiger partial charge >= 0.3 is 6.03 Å². The van der Waals surface area contributed by atoms with Crippen molar-refractivity contribution in [3.05, 3.63) is 29.8 Å². The van der Waals surface area contributed by atoms with Crippen LogP contribution < -0.4 is 5.32 Å². The SMILES string of the molecule is CC(=O)c1cccc(NC(=O)N(C)CC2CCOCC2)c1. The average Bonchev–Trinajstić information content (AvgIpc) is 2.48. The van der Waals surface area contributed by atoms with E-state index in [1.807, 2.05) is 0 Å². The van der Waals surface area contributed by atoms with Crippen LogP contribution in [0, 0.1) is 5.92 Å². The molecule has 1 aliphatic heterocycles. The van der Waals surface area contributed by atoms with Gasteiger partial charge in [0.2, 0.25) is 0 Å². The molecule has 2 amide bonds. The molecule has 0 saturated carbocycles. The van der Waals surface area contributed by atoms with Gasteiger partial charge in [0.25, 0.3) is 0 Å². The van der Waals surface area contributed by atoms with Crippen molar-refractivity contribution in [3.8, 4) is 0 Å². The number of Topliss-reactive ketones (excluding diaryl/α,β-unsaturated/α-hetero) is 1. The first kappa shape index (κ1) is 15.5. The van der Waals surface area contributed by atoms with Crippen molar-refractivity contribution in [2.45, 2.75) is 19.8 Å². The summed E-state index contributed by atoms with van der Waals surface area (Å²) in [5, 5.41) is 2.83. The van der Waals surface area contributed by atoms with Crippen LogP contribution >= 0.6 is 0 Å². The zero-order valence-corrected chi connectivity index (χ0v) is 12.6. The Balaban J connectivity index is 1.90. The summed E-state index contributed by atoms with van der Waals surface area (Å²) in [6.45, 7) is 3.79. The summed E-state index contributed by atoms with van der Waals surface area (Å²) in [4.78, 5) is 25.2. The van der Waals surface area contributed by atoms with Gasteiger partial charge in [0.05, 0.1) is 0 Å². The molecule has 1 aromatic carbocycles. The summed E-state index contributed by atoms with van der Waals surface area (Å²) in [6, 6.07) is 6.84. The molecule has 5 heteroatoms. The topological polar surface area (TPSA) is 58.6 Å². The maximum Gasteiger partial charge on any atom is 0.321 e. The Bertz CT molecular complexity index is 510. The molecule has 1 aliphatic rings. The molecule has 2 rings (SSSR count). The van der Waals surface area contributed by atoms with E-state index in [1.54, 1.807) is 36.2 Å². The summed E-state index contributed by atoms with van der Waals surface area (Å²) < 4.78 is 5.32. The van der Waals surface area contributed by atoms with E-state index < -0.39 is 0 Å². The molecule has 0 unspecified atom stereocenters. The molecule has 5 nitrogen and oxygen atoms in total. The fourth-order valence-electron chi connectivity index (χ4n) is 2.43. The highest BCUT2D eigenvalue weighted by atomic mass is 16.5. The van der Waals surface area contributed by atoms with Crippen molar-refractivity contribution in [1.82, 2.24) is 4.90 Å². The fourth-order valence-corrected chi connectivity index (χ4v) is 2.43. The third kappa shape index (κ3) is 4.56. The van der Waals surface area contributed by atoms with Gasteiger partial charge in [-0.3, -0.25) is 4.79 Å². The van der Waals surface area contributed by atoms with Gasteiger partial charge in [0.1, 0.15) is 0 Å². The minimum atomic E-state index is -0.151. The number of nitrogens with one attached hydrogen (secondary N) is 1. The molecule has 0 radical (unpaired) electrons. The van der Waals surface area contributed by atoms with Crippen molar-refractivity contribution in [1.29, 1.82) is 0 Å². The molecule has 0 aliphatic carbocycles. The highest BCUT2D eigenvalue weighted by molar-refractivity contribution is 5.96. The number of hydrogen-bond acceptors (Lipinski definition) is 3. The monoisotopic (exact) mass is 290 g/mol. The van der Waals surface area contributed by atoms with Gasteiger partial charge in [-0.05, 0) is 37.8 Å². The highest BCUT2D eigenvalue weighted by Crippen LogP contribution is 2.16. The first-order valence-corrected chi connectivity index (χ1v) is 7.27. The third-order valence-corrected chi connectivity index (χ3v) is 3.74. The lowest BCUT2D eigenvalue weighted by Gasteiger charge is -2.27. The molecule has 1 N–H and O–H groups in total. The van der Waals surface area contributed by atoms with Crippen LogP contribution in [0.15, 0.2) is 24.3 Å². The third-order valence-electron chi connectivity index (χ3n) is 3.74. The Hall–Kier alpha value is -1.88. The molecule has 1 heterocycles. The number of ketones is 1. The van der Waals surface area contributed by atoms with Crippen LogP contribution in [-0.4, -0.2) is 43.5 Å². The number of carbonyl (C=O) groups excluding carboxylic acids is 2. The Morgan fingerprint density at radius 1 is 1.33 bits per heavy atom. The molecule has 21 heavy (non-hydrogen) atoms. The summed E-state index contributed by atoms with van der Waals surface area (Å²) in [5.41, 5.74) is 1.24. The highest BCUT2D eigenvalue weighted by Gasteiger charge is 2.18. The number of carbonyl (C=O) groups is 2. The van der Waals surface area contributed by atoms with E-state index in [9.17, 15) is 9.59 Å². The molecule has 0 spiro atoms. The van der Waals surface area contributed by atoms with Gasteiger partial charge < -0.3 is 15.0 Å². The summed E-state index contributed by atoms with van der Waals surface area (Å²) in [7, 11) is 1.79. The second kappa shape index (κ2) is 7.22. The van der Waals surface area contributed by atoms with Crippen LogP contribution in [-0.2, 0) is 4.74 Å². The predicted octanol–water partition coefficient (Wildman–Crippen LogP) is 2.78. The quantitative estimate of drug-likeness (QED) is 0.867. The lowest BCUT2D eigenvalue weighted by molar-refractivity contribution is 0.0592. The number of ether oxygens (including phenoxy) is 1. The summed E-state index contributed by atoms with van der Waals surface area (Å²) >= 11 is 0. The zero-order chi connectivity index (χ0) is 15.2. The second-order valence-corrected chi connectivity index (χ2v) is 5.50. The van der Waals surface area contributed by atoms with E-state index in [2.05, 4.69) is 5.32 Å². The van der Waals surface area contributed by atoms with Crippen molar-refractivity contribution < 1.29 is 14.3 Å². The largest absolute Gasteiger partial charge is 0.381 e.